The Morgan fingerprint density at radius 2 is 2.00 bits per heavy atom. The van der Waals surface area contributed by atoms with Crippen LogP contribution in [-0.4, -0.2) is 60.3 Å². The van der Waals surface area contributed by atoms with E-state index in [9.17, 15) is 18.3 Å². The molecule has 0 aliphatic carbocycles. The van der Waals surface area contributed by atoms with E-state index in [-0.39, 0.29) is 11.5 Å². The number of benzene rings is 1. The van der Waals surface area contributed by atoms with Crippen LogP contribution in [0.2, 0.25) is 0 Å². The molecule has 1 aliphatic heterocycles. The van der Waals surface area contributed by atoms with Gasteiger partial charge in [-0.25, -0.2) is 4.79 Å². The minimum Gasteiger partial charge on any atom is -0.478 e. The minimum absolute atomic E-state index is 0.222. The van der Waals surface area contributed by atoms with E-state index in [1.54, 1.807) is 48.9 Å². The zero-order valence-corrected chi connectivity index (χ0v) is 16.9. The molecule has 0 spiro atoms. The predicted octanol–water partition coefficient (Wildman–Crippen LogP) is 2.51. The molecule has 28 heavy (non-hydrogen) atoms. The number of carboxylic acids is 1. The van der Waals surface area contributed by atoms with Gasteiger partial charge in [0.2, 0.25) is 0 Å². The Labute approximate surface area is 165 Å². The van der Waals surface area contributed by atoms with Gasteiger partial charge in [-0.05, 0) is 42.9 Å². The largest absolute Gasteiger partial charge is 0.478 e. The molecule has 7 nitrogen and oxygen atoms in total. The highest BCUT2D eigenvalue weighted by molar-refractivity contribution is 7.86. The summed E-state index contributed by atoms with van der Waals surface area (Å²) in [6.45, 7) is 1.06. The van der Waals surface area contributed by atoms with Crippen LogP contribution in [0.1, 0.15) is 28.8 Å². The molecule has 150 valence electrons. The van der Waals surface area contributed by atoms with Crippen molar-refractivity contribution in [2.45, 2.75) is 19.3 Å². The standard InChI is InChI=1S/C20H25N3O4S/c1-22(2)28(26,27)23-11-5-6-16(14-23)12-15-9-10-19(21-13-15)17-7-3-4-8-18(17)20(24)25/h3-4,7-10,13,16H,5-6,11-12,14H2,1-2H3,(H,24,25)/t16-/m0/s1. The van der Waals surface area contributed by atoms with Gasteiger partial charge in [-0.3, -0.25) is 4.98 Å². The molecule has 0 saturated carbocycles. The van der Waals surface area contributed by atoms with Gasteiger partial charge in [0.1, 0.15) is 0 Å². The molecular weight excluding hydrogens is 378 g/mol. The summed E-state index contributed by atoms with van der Waals surface area (Å²) in [5.41, 5.74) is 2.44. The second kappa shape index (κ2) is 8.38. The molecule has 1 fully saturated rings. The smallest absolute Gasteiger partial charge is 0.336 e. The molecule has 1 aromatic carbocycles. The fraction of sp³-hybridized carbons (Fsp3) is 0.400. The van der Waals surface area contributed by atoms with E-state index in [0.29, 0.717) is 24.3 Å². The van der Waals surface area contributed by atoms with Gasteiger partial charge in [0.05, 0.1) is 11.3 Å². The monoisotopic (exact) mass is 403 g/mol. The third kappa shape index (κ3) is 4.40. The minimum atomic E-state index is -3.39. The Bertz CT molecular complexity index is 942. The zero-order chi connectivity index (χ0) is 20.3. The Balaban J connectivity index is 1.72. The summed E-state index contributed by atoms with van der Waals surface area (Å²) in [5, 5.41) is 9.34. The summed E-state index contributed by atoms with van der Waals surface area (Å²) in [5.74, 6) is -0.742. The first-order valence-corrected chi connectivity index (χ1v) is 10.6. The molecule has 1 atom stereocenters. The average molecular weight is 404 g/mol. The molecule has 0 bridgehead atoms. The number of nitrogens with zero attached hydrogens (tertiary/aromatic N) is 3. The third-order valence-corrected chi connectivity index (χ3v) is 6.96. The number of carboxylic acid groups (broad SMARTS) is 1. The van der Waals surface area contributed by atoms with E-state index in [2.05, 4.69) is 4.98 Å². The fourth-order valence-electron chi connectivity index (χ4n) is 3.56. The Morgan fingerprint density at radius 1 is 1.25 bits per heavy atom. The SMILES string of the molecule is CN(C)S(=O)(=O)N1CCC[C@@H](Cc2ccc(-c3ccccc3C(=O)O)nc2)C1. The molecule has 0 radical (unpaired) electrons. The summed E-state index contributed by atoms with van der Waals surface area (Å²) in [6.07, 6.45) is 4.32. The van der Waals surface area contributed by atoms with E-state index in [1.807, 2.05) is 12.1 Å². The molecule has 1 aromatic heterocycles. The van der Waals surface area contributed by atoms with Crippen LogP contribution in [0.25, 0.3) is 11.3 Å². The average Bonchev–Trinajstić information content (AvgIpc) is 2.68. The van der Waals surface area contributed by atoms with Crippen LogP contribution in [0.3, 0.4) is 0 Å². The van der Waals surface area contributed by atoms with Crippen molar-refractivity contribution in [1.82, 2.24) is 13.6 Å². The molecule has 1 aliphatic rings. The lowest BCUT2D eigenvalue weighted by Crippen LogP contribution is -2.45. The summed E-state index contributed by atoms with van der Waals surface area (Å²) >= 11 is 0. The van der Waals surface area contributed by atoms with Crippen molar-refractivity contribution < 1.29 is 18.3 Å². The summed E-state index contributed by atoms with van der Waals surface area (Å²) in [6, 6.07) is 10.6. The van der Waals surface area contributed by atoms with Gasteiger partial charge in [-0.1, -0.05) is 24.3 Å². The van der Waals surface area contributed by atoms with Crippen LogP contribution < -0.4 is 0 Å². The van der Waals surface area contributed by atoms with Gasteiger partial charge >= 0.3 is 5.97 Å². The lowest BCUT2D eigenvalue weighted by Gasteiger charge is -2.33. The summed E-state index contributed by atoms with van der Waals surface area (Å²) in [4.78, 5) is 15.8. The summed E-state index contributed by atoms with van der Waals surface area (Å²) < 4.78 is 27.5. The topological polar surface area (TPSA) is 90.8 Å². The first-order chi connectivity index (χ1) is 13.3. The van der Waals surface area contributed by atoms with Crippen LogP contribution >= 0.6 is 0 Å². The number of hydrogen-bond donors (Lipinski definition) is 1. The molecule has 3 rings (SSSR count). The number of rotatable bonds is 6. The van der Waals surface area contributed by atoms with Crippen LogP contribution in [0.4, 0.5) is 0 Å². The molecule has 1 N–H and O–H groups in total. The van der Waals surface area contributed by atoms with Crippen molar-refractivity contribution in [3.8, 4) is 11.3 Å². The second-order valence-electron chi connectivity index (χ2n) is 7.26. The van der Waals surface area contributed by atoms with E-state index < -0.39 is 16.2 Å². The number of aromatic nitrogens is 1. The lowest BCUT2D eigenvalue weighted by molar-refractivity contribution is 0.0697. The Morgan fingerprint density at radius 3 is 2.64 bits per heavy atom. The number of hydrogen-bond acceptors (Lipinski definition) is 4. The highest BCUT2D eigenvalue weighted by atomic mass is 32.2. The van der Waals surface area contributed by atoms with Gasteiger partial charge in [-0.15, -0.1) is 0 Å². The normalized spacial score (nSPS) is 18.3. The van der Waals surface area contributed by atoms with Crippen molar-refractivity contribution >= 4 is 16.2 Å². The maximum absolute atomic E-state index is 12.4. The number of aromatic carboxylic acids is 1. The molecule has 0 unspecified atom stereocenters. The summed E-state index contributed by atoms with van der Waals surface area (Å²) in [7, 11) is -0.281. The van der Waals surface area contributed by atoms with E-state index in [0.717, 1.165) is 24.8 Å². The lowest BCUT2D eigenvalue weighted by atomic mass is 9.92. The number of piperidine rings is 1. The number of carbonyl (C=O) groups is 1. The molecule has 8 heteroatoms. The van der Waals surface area contributed by atoms with Crippen molar-refractivity contribution in [1.29, 1.82) is 0 Å². The fourth-order valence-corrected chi connectivity index (χ4v) is 4.79. The van der Waals surface area contributed by atoms with Gasteiger partial charge in [0.15, 0.2) is 0 Å². The van der Waals surface area contributed by atoms with Gasteiger partial charge in [0.25, 0.3) is 10.2 Å². The van der Waals surface area contributed by atoms with Crippen molar-refractivity contribution in [3.05, 3.63) is 53.7 Å². The van der Waals surface area contributed by atoms with Crippen LogP contribution in [0.15, 0.2) is 42.6 Å². The van der Waals surface area contributed by atoms with Crippen LogP contribution in [-0.2, 0) is 16.6 Å². The highest BCUT2D eigenvalue weighted by Gasteiger charge is 2.30. The quantitative estimate of drug-likeness (QED) is 0.800. The van der Waals surface area contributed by atoms with Gasteiger partial charge in [-0.2, -0.15) is 17.0 Å². The molecule has 0 amide bonds. The van der Waals surface area contributed by atoms with Crippen LogP contribution in [0, 0.1) is 5.92 Å². The number of pyridine rings is 1. The van der Waals surface area contributed by atoms with Crippen molar-refractivity contribution in [3.63, 3.8) is 0 Å². The molecule has 2 aromatic rings. The van der Waals surface area contributed by atoms with Crippen LogP contribution in [0.5, 0.6) is 0 Å². The third-order valence-electron chi connectivity index (χ3n) is 5.05. The van der Waals surface area contributed by atoms with Crippen molar-refractivity contribution in [2.75, 3.05) is 27.2 Å². The molecule has 2 heterocycles. The second-order valence-corrected chi connectivity index (χ2v) is 9.41. The Kier molecular flexibility index (Phi) is 6.12. The van der Waals surface area contributed by atoms with E-state index >= 15 is 0 Å². The first-order valence-electron chi connectivity index (χ1n) is 9.24. The van der Waals surface area contributed by atoms with E-state index in [1.165, 1.54) is 4.31 Å². The van der Waals surface area contributed by atoms with Gasteiger partial charge < -0.3 is 5.11 Å². The zero-order valence-electron chi connectivity index (χ0n) is 16.1. The highest BCUT2D eigenvalue weighted by Crippen LogP contribution is 2.25. The molecular formula is C20H25N3O4S. The predicted molar refractivity (Wildman–Crippen MR) is 107 cm³/mol. The van der Waals surface area contributed by atoms with Gasteiger partial charge in [0, 0.05) is 38.9 Å². The van der Waals surface area contributed by atoms with Crippen molar-refractivity contribution in [2.24, 2.45) is 5.92 Å². The maximum atomic E-state index is 12.4. The molecule has 1 saturated heterocycles. The first kappa shape index (κ1) is 20.4. The Hall–Kier alpha value is -2.29. The maximum Gasteiger partial charge on any atom is 0.336 e. The van der Waals surface area contributed by atoms with E-state index in [4.69, 9.17) is 0 Å².